The third-order valence-electron chi connectivity index (χ3n) is 5.47. The van der Waals surface area contributed by atoms with E-state index in [1.54, 1.807) is 6.92 Å². The second-order valence-corrected chi connectivity index (χ2v) is 9.64. The van der Waals surface area contributed by atoms with E-state index >= 15 is 0 Å². The molecule has 3 rings (SSSR count). The lowest BCUT2D eigenvalue weighted by Gasteiger charge is -2.37. The third-order valence-corrected chi connectivity index (χ3v) is 7.30. The molecule has 0 radical (unpaired) electrons. The van der Waals surface area contributed by atoms with E-state index in [1.807, 2.05) is 24.3 Å². The van der Waals surface area contributed by atoms with E-state index in [-0.39, 0.29) is 25.3 Å². The van der Waals surface area contributed by atoms with Gasteiger partial charge in [0.1, 0.15) is 23.4 Å². The van der Waals surface area contributed by atoms with E-state index in [0.717, 1.165) is 23.3 Å². The number of anilines is 1. The van der Waals surface area contributed by atoms with Gasteiger partial charge >= 0.3 is 0 Å². The molecule has 1 atom stereocenters. The summed E-state index contributed by atoms with van der Waals surface area (Å²) in [4.78, 5) is 26.9. The van der Waals surface area contributed by atoms with Gasteiger partial charge in [0.25, 0.3) is 0 Å². The molecule has 0 unspecified atom stereocenters. The SMILES string of the molecule is CCN(CC(=O)Nc1c(F)cccc1F)C(=O)[C@H]1Cc2ccccc2CN1S(=O)(=O)CC. The minimum atomic E-state index is -3.70. The van der Waals surface area contributed by atoms with Crippen LogP contribution < -0.4 is 5.32 Å². The standard InChI is InChI=1S/C22H25F2N3O4S/c1-3-26(14-20(28)25-21-17(23)10-7-11-18(21)24)22(29)19-12-15-8-5-6-9-16(15)13-27(19)32(30,31)4-2/h5-11,19H,3-4,12-14H2,1-2H3,(H,25,28)/t19-/m1/s1. The predicted octanol–water partition coefficient (Wildman–Crippen LogP) is 2.53. The first-order valence-electron chi connectivity index (χ1n) is 10.3. The van der Waals surface area contributed by atoms with Gasteiger partial charge in [-0.25, -0.2) is 17.2 Å². The smallest absolute Gasteiger partial charge is 0.244 e. The van der Waals surface area contributed by atoms with Crippen molar-refractivity contribution in [3.63, 3.8) is 0 Å². The minimum absolute atomic E-state index is 0.0624. The molecule has 0 saturated carbocycles. The van der Waals surface area contributed by atoms with Gasteiger partial charge in [0.05, 0.1) is 12.3 Å². The maximum absolute atomic E-state index is 13.8. The van der Waals surface area contributed by atoms with Crippen LogP contribution >= 0.6 is 0 Å². The lowest BCUT2D eigenvalue weighted by atomic mass is 9.95. The van der Waals surface area contributed by atoms with Gasteiger partial charge in [0.2, 0.25) is 21.8 Å². The first kappa shape index (κ1) is 23.8. The number of hydrogen-bond acceptors (Lipinski definition) is 4. The van der Waals surface area contributed by atoms with Crippen molar-refractivity contribution in [3.05, 3.63) is 65.2 Å². The third kappa shape index (κ3) is 4.97. The first-order chi connectivity index (χ1) is 15.2. The number of likely N-dealkylation sites (N-methyl/N-ethyl adjacent to an activating group) is 1. The molecule has 1 N–H and O–H groups in total. The molecule has 0 fully saturated rings. The van der Waals surface area contributed by atoms with Gasteiger partial charge in [0, 0.05) is 13.1 Å². The van der Waals surface area contributed by atoms with Crippen molar-refractivity contribution < 1.29 is 26.8 Å². The van der Waals surface area contributed by atoms with E-state index < -0.39 is 51.7 Å². The summed E-state index contributed by atoms with van der Waals surface area (Å²) in [5, 5.41) is 2.15. The largest absolute Gasteiger partial charge is 0.332 e. The molecule has 32 heavy (non-hydrogen) atoms. The van der Waals surface area contributed by atoms with Crippen molar-refractivity contribution in [2.24, 2.45) is 0 Å². The van der Waals surface area contributed by atoms with Crippen LogP contribution in [0.1, 0.15) is 25.0 Å². The van der Waals surface area contributed by atoms with Crippen LogP contribution in [0.5, 0.6) is 0 Å². The number of sulfonamides is 1. The van der Waals surface area contributed by atoms with Crippen molar-refractivity contribution >= 4 is 27.5 Å². The highest BCUT2D eigenvalue weighted by Gasteiger charge is 2.39. The van der Waals surface area contributed by atoms with Gasteiger partial charge in [-0.2, -0.15) is 4.31 Å². The zero-order valence-corrected chi connectivity index (χ0v) is 18.7. The average molecular weight is 466 g/mol. The molecule has 2 aromatic carbocycles. The molecule has 172 valence electrons. The summed E-state index contributed by atoms with van der Waals surface area (Å²) in [6.45, 7) is 2.86. The fourth-order valence-corrected chi connectivity index (χ4v) is 4.91. The van der Waals surface area contributed by atoms with Gasteiger partial charge in [-0.1, -0.05) is 30.3 Å². The fraction of sp³-hybridized carbons (Fsp3) is 0.364. The summed E-state index contributed by atoms with van der Waals surface area (Å²) in [5.41, 5.74) is 1.09. The van der Waals surface area contributed by atoms with Crippen LogP contribution in [-0.4, -0.2) is 54.3 Å². The number of benzene rings is 2. The summed E-state index contributed by atoms with van der Waals surface area (Å²) in [6.07, 6.45) is 0.175. The summed E-state index contributed by atoms with van der Waals surface area (Å²) >= 11 is 0. The fourth-order valence-electron chi connectivity index (χ4n) is 3.69. The van der Waals surface area contributed by atoms with Crippen molar-refractivity contribution in [3.8, 4) is 0 Å². The van der Waals surface area contributed by atoms with Gasteiger partial charge in [-0.15, -0.1) is 0 Å². The van der Waals surface area contributed by atoms with Crippen LogP contribution in [0.15, 0.2) is 42.5 Å². The molecule has 1 aliphatic heterocycles. The van der Waals surface area contributed by atoms with Crippen molar-refractivity contribution in [2.75, 3.05) is 24.2 Å². The second kappa shape index (κ2) is 9.74. The average Bonchev–Trinajstić information content (AvgIpc) is 2.78. The highest BCUT2D eigenvalue weighted by molar-refractivity contribution is 7.89. The van der Waals surface area contributed by atoms with Gasteiger partial charge in [-0.05, 0) is 43.5 Å². The number of amides is 2. The lowest BCUT2D eigenvalue weighted by molar-refractivity contribution is -0.138. The summed E-state index contributed by atoms with van der Waals surface area (Å²) in [6, 6.07) is 9.47. The molecule has 2 aromatic rings. The number of halogens is 2. The number of para-hydroxylation sites is 1. The zero-order valence-electron chi connectivity index (χ0n) is 17.8. The maximum Gasteiger partial charge on any atom is 0.244 e. The number of fused-ring (bicyclic) bond motifs is 1. The molecule has 0 bridgehead atoms. The lowest BCUT2D eigenvalue weighted by Crippen LogP contribution is -2.55. The number of rotatable bonds is 7. The molecule has 0 aromatic heterocycles. The summed E-state index contributed by atoms with van der Waals surface area (Å²) < 4.78 is 54.3. The molecule has 1 heterocycles. The van der Waals surface area contributed by atoms with E-state index in [2.05, 4.69) is 5.32 Å². The highest BCUT2D eigenvalue weighted by atomic mass is 32.2. The molecule has 2 amide bonds. The summed E-state index contributed by atoms with van der Waals surface area (Å²) in [5.74, 6) is -3.36. The van der Waals surface area contributed by atoms with E-state index in [1.165, 1.54) is 22.2 Å². The van der Waals surface area contributed by atoms with Crippen molar-refractivity contribution in [2.45, 2.75) is 32.9 Å². The van der Waals surface area contributed by atoms with Crippen LogP contribution in [0, 0.1) is 11.6 Å². The van der Waals surface area contributed by atoms with Gasteiger partial charge in [0.15, 0.2) is 0 Å². The normalized spacial score (nSPS) is 16.3. The Kier molecular flexibility index (Phi) is 7.25. The van der Waals surface area contributed by atoms with Crippen LogP contribution in [0.2, 0.25) is 0 Å². The van der Waals surface area contributed by atoms with E-state index in [0.29, 0.717) is 0 Å². The quantitative estimate of drug-likeness (QED) is 0.681. The maximum atomic E-state index is 13.8. The Bertz CT molecular complexity index is 1100. The Labute approximate surface area is 186 Å². The Morgan fingerprint density at radius 1 is 1.06 bits per heavy atom. The Morgan fingerprint density at radius 2 is 1.69 bits per heavy atom. The predicted molar refractivity (Wildman–Crippen MR) is 116 cm³/mol. The van der Waals surface area contributed by atoms with Crippen LogP contribution in [0.4, 0.5) is 14.5 Å². The molecule has 0 spiro atoms. The number of hydrogen-bond donors (Lipinski definition) is 1. The second-order valence-electron chi connectivity index (χ2n) is 7.43. The molecule has 0 saturated heterocycles. The zero-order chi connectivity index (χ0) is 23.5. The molecular weight excluding hydrogens is 440 g/mol. The Morgan fingerprint density at radius 3 is 2.28 bits per heavy atom. The topological polar surface area (TPSA) is 86.8 Å². The van der Waals surface area contributed by atoms with Crippen LogP contribution in [0.25, 0.3) is 0 Å². The molecular formula is C22H25F2N3O4S. The summed E-state index contributed by atoms with van der Waals surface area (Å²) in [7, 11) is -3.70. The van der Waals surface area contributed by atoms with E-state index in [4.69, 9.17) is 0 Å². The van der Waals surface area contributed by atoms with Crippen molar-refractivity contribution in [1.82, 2.24) is 9.21 Å². The Balaban J connectivity index is 1.83. The Hall–Kier alpha value is -2.85. The van der Waals surface area contributed by atoms with Gasteiger partial charge in [-0.3, -0.25) is 9.59 Å². The highest BCUT2D eigenvalue weighted by Crippen LogP contribution is 2.27. The van der Waals surface area contributed by atoms with Gasteiger partial charge < -0.3 is 10.2 Å². The molecule has 10 heteroatoms. The number of nitrogens with one attached hydrogen (secondary N) is 1. The number of carbonyl (C=O) groups is 2. The van der Waals surface area contributed by atoms with Crippen molar-refractivity contribution in [1.29, 1.82) is 0 Å². The molecule has 7 nitrogen and oxygen atoms in total. The van der Waals surface area contributed by atoms with Crippen LogP contribution in [-0.2, 0) is 32.6 Å². The van der Waals surface area contributed by atoms with Crippen LogP contribution in [0.3, 0.4) is 0 Å². The molecule has 0 aliphatic carbocycles. The monoisotopic (exact) mass is 465 g/mol. The molecule has 1 aliphatic rings. The first-order valence-corrected chi connectivity index (χ1v) is 11.9. The minimum Gasteiger partial charge on any atom is -0.332 e. The van der Waals surface area contributed by atoms with E-state index in [9.17, 15) is 26.8 Å². The number of nitrogens with zero attached hydrogens (tertiary/aromatic N) is 2. The number of carbonyl (C=O) groups excluding carboxylic acids is 2.